The number of para-hydroxylation sites is 1. The summed E-state index contributed by atoms with van der Waals surface area (Å²) in [5, 5.41) is 11.4. The number of carbonyl (C=O) groups excluding carboxylic acids is 2. The van der Waals surface area contributed by atoms with Crippen LogP contribution in [0.1, 0.15) is 45.3 Å². The number of amides is 1. The Morgan fingerprint density at radius 1 is 1.28 bits per heavy atom. The van der Waals surface area contributed by atoms with E-state index in [-0.39, 0.29) is 5.57 Å². The third kappa shape index (κ3) is 3.48. The van der Waals surface area contributed by atoms with Gasteiger partial charge in [-0.05, 0) is 26.3 Å². The van der Waals surface area contributed by atoms with Crippen LogP contribution in [0.5, 0.6) is 11.5 Å². The zero-order valence-corrected chi connectivity index (χ0v) is 17.9. The highest BCUT2D eigenvalue weighted by atomic mass is 32.1. The quantitative estimate of drug-likeness (QED) is 0.691. The number of hydrogen-bond donors (Lipinski definition) is 1. The van der Waals surface area contributed by atoms with Crippen molar-refractivity contribution in [2.75, 3.05) is 20.8 Å². The number of rotatable bonds is 7. The Bertz CT molecular complexity index is 995. The van der Waals surface area contributed by atoms with Gasteiger partial charge in [0.15, 0.2) is 17.3 Å². The summed E-state index contributed by atoms with van der Waals surface area (Å²) in [6.07, 6.45) is 0.669. The fourth-order valence-electron chi connectivity index (χ4n) is 3.67. The number of hydrogen-bond acceptors (Lipinski definition) is 7. The smallest absolute Gasteiger partial charge is 0.290 e. The molecule has 1 aromatic heterocycles. The van der Waals surface area contributed by atoms with Gasteiger partial charge < -0.3 is 19.5 Å². The van der Waals surface area contributed by atoms with Crippen LogP contribution in [-0.4, -0.2) is 47.4 Å². The first-order chi connectivity index (χ1) is 13.8. The van der Waals surface area contributed by atoms with Crippen molar-refractivity contribution in [2.24, 2.45) is 0 Å². The summed E-state index contributed by atoms with van der Waals surface area (Å²) in [7, 11) is 3.03. The molecule has 0 spiro atoms. The second-order valence-electron chi connectivity index (χ2n) is 6.72. The van der Waals surface area contributed by atoms with Gasteiger partial charge in [0.2, 0.25) is 5.78 Å². The van der Waals surface area contributed by atoms with E-state index in [1.807, 2.05) is 13.8 Å². The summed E-state index contributed by atoms with van der Waals surface area (Å²) < 4.78 is 10.9. The molecule has 1 amide bonds. The van der Waals surface area contributed by atoms with E-state index in [2.05, 4.69) is 4.98 Å². The lowest BCUT2D eigenvalue weighted by Crippen LogP contribution is -2.32. The maximum absolute atomic E-state index is 13.4. The molecule has 1 unspecified atom stereocenters. The summed E-state index contributed by atoms with van der Waals surface area (Å²) in [5.41, 5.74) is 1.21. The van der Waals surface area contributed by atoms with E-state index in [0.717, 1.165) is 5.01 Å². The fourth-order valence-corrected chi connectivity index (χ4v) is 4.55. The van der Waals surface area contributed by atoms with Gasteiger partial charge in [0.05, 0.1) is 41.4 Å². The number of aliphatic hydroxyl groups excluding tert-OH is 1. The number of Topliss-reactive ketones (excluding diaryl/α,β-unsaturated/α-hetero) is 1. The topological polar surface area (TPSA) is 89.0 Å². The Morgan fingerprint density at radius 2 is 2.00 bits per heavy atom. The molecule has 0 radical (unpaired) electrons. The molecule has 3 rings (SSSR count). The molecule has 1 aliphatic rings. The first-order valence-corrected chi connectivity index (χ1v) is 10.1. The maximum Gasteiger partial charge on any atom is 0.290 e. The van der Waals surface area contributed by atoms with Crippen molar-refractivity contribution in [2.45, 2.75) is 33.2 Å². The van der Waals surface area contributed by atoms with Crippen LogP contribution in [-0.2, 0) is 4.79 Å². The summed E-state index contributed by atoms with van der Waals surface area (Å²) >= 11 is 1.25. The van der Waals surface area contributed by atoms with Gasteiger partial charge in [-0.1, -0.05) is 19.1 Å². The molecule has 0 saturated heterocycles. The molecule has 0 fully saturated rings. The molecule has 29 heavy (non-hydrogen) atoms. The molecular formula is C21H24N2O5S. The maximum atomic E-state index is 13.4. The highest BCUT2D eigenvalue weighted by Gasteiger charge is 2.45. The minimum Gasteiger partial charge on any atom is -0.503 e. The largest absolute Gasteiger partial charge is 0.503 e. The lowest BCUT2D eigenvalue weighted by molar-refractivity contribution is -0.129. The summed E-state index contributed by atoms with van der Waals surface area (Å²) in [4.78, 5) is 32.5. The van der Waals surface area contributed by atoms with Crippen molar-refractivity contribution < 1.29 is 24.2 Å². The van der Waals surface area contributed by atoms with Crippen molar-refractivity contribution in [1.29, 1.82) is 0 Å². The van der Waals surface area contributed by atoms with Crippen molar-refractivity contribution in [1.82, 2.24) is 9.88 Å². The number of ketones is 1. The fraction of sp³-hybridized carbons (Fsp3) is 0.381. The number of benzene rings is 1. The van der Waals surface area contributed by atoms with Gasteiger partial charge in [0.1, 0.15) is 0 Å². The van der Waals surface area contributed by atoms with E-state index in [9.17, 15) is 14.7 Å². The second kappa shape index (κ2) is 8.24. The zero-order chi connectivity index (χ0) is 21.3. The van der Waals surface area contributed by atoms with Gasteiger partial charge in [0, 0.05) is 12.1 Å². The standard InChI is InChI=1S/C21H24N2O5S/c1-6-10-23-16(13-8-7-9-14(27-4)19(13)28-5)15(18(25)21(23)26)17(24)20-11(2)22-12(3)29-20/h7-9,16,25H,6,10H2,1-5H3. The monoisotopic (exact) mass is 416 g/mol. The van der Waals surface area contributed by atoms with Crippen LogP contribution in [0.3, 0.4) is 0 Å². The molecule has 1 aliphatic heterocycles. The van der Waals surface area contributed by atoms with Gasteiger partial charge >= 0.3 is 0 Å². The van der Waals surface area contributed by atoms with Crippen molar-refractivity contribution in [3.8, 4) is 11.5 Å². The molecule has 0 saturated carbocycles. The third-order valence-electron chi connectivity index (χ3n) is 4.85. The van der Waals surface area contributed by atoms with Crippen molar-refractivity contribution in [3.63, 3.8) is 0 Å². The summed E-state index contributed by atoms with van der Waals surface area (Å²) in [6.45, 7) is 5.87. The molecule has 2 heterocycles. The molecule has 0 bridgehead atoms. The molecule has 2 aromatic rings. The van der Waals surface area contributed by atoms with E-state index in [4.69, 9.17) is 9.47 Å². The second-order valence-corrected chi connectivity index (χ2v) is 7.93. The number of methoxy groups -OCH3 is 2. The van der Waals surface area contributed by atoms with Crippen molar-refractivity contribution in [3.05, 3.63) is 50.7 Å². The Morgan fingerprint density at radius 3 is 2.55 bits per heavy atom. The van der Waals surface area contributed by atoms with Gasteiger partial charge in [-0.15, -0.1) is 11.3 Å². The van der Waals surface area contributed by atoms with Crippen LogP contribution in [0.25, 0.3) is 0 Å². The Balaban J connectivity index is 2.21. The normalized spacial score (nSPS) is 16.5. The lowest BCUT2D eigenvalue weighted by Gasteiger charge is -2.28. The molecule has 154 valence electrons. The van der Waals surface area contributed by atoms with Gasteiger partial charge in [-0.2, -0.15) is 0 Å². The Labute approximate surface area is 173 Å². The van der Waals surface area contributed by atoms with E-state index in [0.29, 0.717) is 40.6 Å². The molecular weight excluding hydrogens is 392 g/mol. The number of carbonyl (C=O) groups is 2. The van der Waals surface area contributed by atoms with Gasteiger partial charge in [-0.25, -0.2) is 4.98 Å². The molecule has 1 atom stereocenters. The van der Waals surface area contributed by atoms with E-state index >= 15 is 0 Å². The molecule has 8 heteroatoms. The third-order valence-corrected chi connectivity index (χ3v) is 5.92. The average molecular weight is 416 g/mol. The number of ether oxygens (including phenoxy) is 2. The van der Waals surface area contributed by atoms with Crippen LogP contribution < -0.4 is 9.47 Å². The highest BCUT2D eigenvalue weighted by Crippen LogP contribution is 2.45. The number of nitrogens with zero attached hydrogens (tertiary/aromatic N) is 2. The van der Waals surface area contributed by atoms with E-state index in [1.165, 1.54) is 30.5 Å². The highest BCUT2D eigenvalue weighted by molar-refractivity contribution is 7.14. The van der Waals surface area contributed by atoms with Crippen LogP contribution >= 0.6 is 11.3 Å². The number of thiazole rings is 1. The van der Waals surface area contributed by atoms with Gasteiger partial charge in [0.25, 0.3) is 5.91 Å². The predicted octanol–water partition coefficient (Wildman–Crippen LogP) is 3.77. The van der Waals surface area contributed by atoms with E-state index in [1.54, 1.807) is 25.1 Å². The summed E-state index contributed by atoms with van der Waals surface area (Å²) in [6, 6.07) is 4.51. The molecule has 7 nitrogen and oxygen atoms in total. The predicted molar refractivity (Wildman–Crippen MR) is 110 cm³/mol. The Kier molecular flexibility index (Phi) is 5.93. The molecule has 0 aliphatic carbocycles. The lowest BCUT2D eigenvalue weighted by atomic mass is 9.94. The Hall–Kier alpha value is -2.87. The van der Waals surface area contributed by atoms with Crippen LogP contribution in [0.4, 0.5) is 0 Å². The SMILES string of the molecule is CCCN1C(=O)C(O)=C(C(=O)c2sc(C)nc2C)C1c1cccc(OC)c1OC. The number of aliphatic hydroxyl groups is 1. The minimum absolute atomic E-state index is 0.0433. The van der Waals surface area contributed by atoms with E-state index < -0.39 is 23.5 Å². The molecule has 1 aromatic carbocycles. The summed E-state index contributed by atoms with van der Waals surface area (Å²) in [5.74, 6) is -0.580. The molecule has 1 N–H and O–H groups in total. The van der Waals surface area contributed by atoms with Crippen LogP contribution in [0, 0.1) is 13.8 Å². The zero-order valence-electron chi connectivity index (χ0n) is 17.1. The van der Waals surface area contributed by atoms with Gasteiger partial charge in [-0.3, -0.25) is 9.59 Å². The average Bonchev–Trinajstić information content (AvgIpc) is 3.17. The number of aryl methyl sites for hydroxylation is 2. The van der Waals surface area contributed by atoms with Crippen LogP contribution in [0.2, 0.25) is 0 Å². The van der Waals surface area contributed by atoms with Crippen molar-refractivity contribution >= 4 is 23.0 Å². The minimum atomic E-state index is -0.776. The first-order valence-electron chi connectivity index (χ1n) is 9.29. The van der Waals surface area contributed by atoms with Crippen LogP contribution in [0.15, 0.2) is 29.5 Å². The first kappa shape index (κ1) is 20.9. The number of aromatic nitrogens is 1.